The summed E-state index contributed by atoms with van der Waals surface area (Å²) >= 11 is 0. The highest BCUT2D eigenvalue weighted by Gasteiger charge is 2.43. The van der Waals surface area contributed by atoms with Crippen LogP contribution in [0.2, 0.25) is 0 Å². The molecule has 0 radical (unpaired) electrons. The van der Waals surface area contributed by atoms with Crippen molar-refractivity contribution in [1.82, 2.24) is 4.90 Å². The summed E-state index contributed by atoms with van der Waals surface area (Å²) in [5.74, 6) is -0.338. The Hall–Kier alpha value is -1.39. The van der Waals surface area contributed by atoms with Crippen LogP contribution in [0.5, 0.6) is 0 Å². The van der Waals surface area contributed by atoms with Crippen molar-refractivity contribution >= 4 is 5.91 Å². The molecular weight excluding hydrogens is 254 g/mol. The Labute approximate surface area is 119 Å². The smallest absolute Gasteiger partial charge is 0.253 e. The number of hydrogen-bond acceptors (Lipinski definition) is 3. The lowest BCUT2D eigenvalue weighted by atomic mass is 10.0. The average Bonchev–Trinajstić information content (AvgIpc) is 2.81. The SMILES string of the molecule is Cc1ccc(C(=O)N2CCC3(CC2)OC[C@@H](C)O3)cc1. The number of ether oxygens (including phenoxy) is 2. The van der Waals surface area contributed by atoms with Gasteiger partial charge in [0.15, 0.2) is 5.79 Å². The zero-order valence-corrected chi connectivity index (χ0v) is 12.1. The minimum Gasteiger partial charge on any atom is -0.347 e. The molecule has 0 saturated carbocycles. The molecule has 108 valence electrons. The van der Waals surface area contributed by atoms with Crippen molar-refractivity contribution in [3.05, 3.63) is 35.4 Å². The molecule has 2 saturated heterocycles. The van der Waals surface area contributed by atoms with Gasteiger partial charge in [0.1, 0.15) is 0 Å². The summed E-state index contributed by atoms with van der Waals surface area (Å²) in [5, 5.41) is 0. The van der Waals surface area contributed by atoms with Crippen molar-refractivity contribution in [1.29, 1.82) is 0 Å². The van der Waals surface area contributed by atoms with Gasteiger partial charge in [-0.3, -0.25) is 4.79 Å². The lowest BCUT2D eigenvalue weighted by Gasteiger charge is -2.37. The Morgan fingerprint density at radius 3 is 2.45 bits per heavy atom. The maximum atomic E-state index is 12.4. The molecule has 1 atom stereocenters. The molecule has 2 aliphatic heterocycles. The summed E-state index contributed by atoms with van der Waals surface area (Å²) in [6.45, 7) is 6.10. The van der Waals surface area contributed by atoms with Gasteiger partial charge in [-0.1, -0.05) is 17.7 Å². The van der Waals surface area contributed by atoms with Gasteiger partial charge in [0.2, 0.25) is 0 Å². The number of carbonyl (C=O) groups excluding carboxylic acids is 1. The van der Waals surface area contributed by atoms with Gasteiger partial charge in [0.05, 0.1) is 12.7 Å². The van der Waals surface area contributed by atoms with Crippen molar-refractivity contribution in [3.63, 3.8) is 0 Å². The van der Waals surface area contributed by atoms with Crippen LogP contribution in [0, 0.1) is 6.92 Å². The maximum absolute atomic E-state index is 12.4. The van der Waals surface area contributed by atoms with Crippen LogP contribution in [0.25, 0.3) is 0 Å². The molecule has 1 amide bonds. The van der Waals surface area contributed by atoms with Crippen LogP contribution in [-0.4, -0.2) is 42.4 Å². The molecule has 1 aromatic rings. The van der Waals surface area contributed by atoms with E-state index in [-0.39, 0.29) is 12.0 Å². The van der Waals surface area contributed by atoms with Gasteiger partial charge in [-0.15, -0.1) is 0 Å². The Bertz CT molecular complexity index is 489. The second kappa shape index (κ2) is 5.19. The third kappa shape index (κ3) is 2.58. The summed E-state index contributed by atoms with van der Waals surface area (Å²) in [6, 6.07) is 7.74. The van der Waals surface area contributed by atoms with E-state index in [1.807, 2.05) is 43.0 Å². The second-order valence-electron chi connectivity index (χ2n) is 5.81. The van der Waals surface area contributed by atoms with E-state index >= 15 is 0 Å². The van der Waals surface area contributed by atoms with E-state index in [1.165, 1.54) is 5.56 Å². The second-order valence-corrected chi connectivity index (χ2v) is 5.81. The molecule has 3 rings (SSSR count). The first-order chi connectivity index (χ1) is 9.58. The Balaban J connectivity index is 1.63. The lowest BCUT2D eigenvalue weighted by Crippen LogP contribution is -2.47. The van der Waals surface area contributed by atoms with Gasteiger partial charge in [-0.05, 0) is 26.0 Å². The highest BCUT2D eigenvalue weighted by atomic mass is 16.7. The van der Waals surface area contributed by atoms with Gasteiger partial charge in [0.25, 0.3) is 5.91 Å². The number of carbonyl (C=O) groups is 1. The van der Waals surface area contributed by atoms with Crippen LogP contribution < -0.4 is 0 Å². The molecular formula is C16H21NO3. The Morgan fingerprint density at radius 2 is 1.90 bits per heavy atom. The molecule has 2 fully saturated rings. The summed E-state index contributed by atoms with van der Waals surface area (Å²) in [4.78, 5) is 14.3. The molecule has 0 N–H and O–H groups in total. The minimum atomic E-state index is -0.441. The Morgan fingerprint density at radius 1 is 1.25 bits per heavy atom. The fraction of sp³-hybridized carbons (Fsp3) is 0.562. The van der Waals surface area contributed by atoms with E-state index in [2.05, 4.69) is 0 Å². The number of nitrogens with zero attached hydrogens (tertiary/aromatic N) is 1. The van der Waals surface area contributed by atoms with Crippen LogP contribution >= 0.6 is 0 Å². The fourth-order valence-electron chi connectivity index (χ4n) is 2.90. The minimum absolute atomic E-state index is 0.103. The van der Waals surface area contributed by atoms with E-state index in [4.69, 9.17) is 9.47 Å². The standard InChI is InChI=1S/C16H21NO3/c1-12-3-5-14(6-4-12)15(18)17-9-7-16(8-10-17)19-11-13(2)20-16/h3-6,13H,7-11H2,1-2H3/t13-/m1/s1. The third-order valence-corrected chi connectivity index (χ3v) is 4.11. The van der Waals surface area contributed by atoms with E-state index in [1.54, 1.807) is 0 Å². The van der Waals surface area contributed by atoms with Gasteiger partial charge in [0, 0.05) is 31.5 Å². The molecule has 4 nitrogen and oxygen atoms in total. The molecule has 0 unspecified atom stereocenters. The molecule has 2 heterocycles. The first kappa shape index (κ1) is 13.6. The molecule has 4 heteroatoms. The predicted molar refractivity (Wildman–Crippen MR) is 75.5 cm³/mol. The zero-order valence-electron chi connectivity index (χ0n) is 12.1. The van der Waals surface area contributed by atoms with Crippen molar-refractivity contribution in [2.45, 2.75) is 38.6 Å². The largest absolute Gasteiger partial charge is 0.347 e. The number of hydrogen-bond donors (Lipinski definition) is 0. The predicted octanol–water partition coefficient (Wildman–Crippen LogP) is 2.36. The molecule has 1 aromatic carbocycles. The van der Waals surface area contributed by atoms with Gasteiger partial charge in [-0.2, -0.15) is 0 Å². The van der Waals surface area contributed by atoms with E-state index < -0.39 is 5.79 Å². The van der Waals surface area contributed by atoms with Crippen LogP contribution in [0.4, 0.5) is 0 Å². The highest BCUT2D eigenvalue weighted by molar-refractivity contribution is 5.94. The number of benzene rings is 1. The van der Waals surface area contributed by atoms with Crippen molar-refractivity contribution in [2.24, 2.45) is 0 Å². The molecule has 1 spiro atoms. The summed E-state index contributed by atoms with van der Waals surface area (Å²) in [5.41, 5.74) is 1.93. The topological polar surface area (TPSA) is 38.8 Å². The van der Waals surface area contributed by atoms with Crippen molar-refractivity contribution in [2.75, 3.05) is 19.7 Å². The summed E-state index contributed by atoms with van der Waals surface area (Å²) in [6.07, 6.45) is 1.68. The van der Waals surface area contributed by atoms with Crippen LogP contribution in [0.15, 0.2) is 24.3 Å². The quantitative estimate of drug-likeness (QED) is 0.790. The number of aryl methyl sites for hydroxylation is 1. The molecule has 0 bridgehead atoms. The van der Waals surface area contributed by atoms with Gasteiger partial charge < -0.3 is 14.4 Å². The molecule has 0 aliphatic carbocycles. The number of likely N-dealkylation sites (tertiary alicyclic amines) is 1. The lowest BCUT2D eigenvalue weighted by molar-refractivity contribution is -0.189. The maximum Gasteiger partial charge on any atom is 0.253 e. The first-order valence-corrected chi connectivity index (χ1v) is 7.26. The van der Waals surface area contributed by atoms with E-state index in [0.29, 0.717) is 19.7 Å². The average molecular weight is 275 g/mol. The highest BCUT2D eigenvalue weighted by Crippen LogP contribution is 2.34. The normalized spacial score (nSPS) is 25.1. The van der Waals surface area contributed by atoms with Crippen molar-refractivity contribution < 1.29 is 14.3 Å². The van der Waals surface area contributed by atoms with Gasteiger partial charge >= 0.3 is 0 Å². The van der Waals surface area contributed by atoms with Crippen molar-refractivity contribution in [3.8, 4) is 0 Å². The fourth-order valence-corrected chi connectivity index (χ4v) is 2.90. The van der Waals surface area contributed by atoms with Gasteiger partial charge in [-0.25, -0.2) is 0 Å². The van der Waals surface area contributed by atoms with Crippen LogP contribution in [0.3, 0.4) is 0 Å². The number of rotatable bonds is 1. The molecule has 2 aliphatic rings. The third-order valence-electron chi connectivity index (χ3n) is 4.11. The zero-order chi connectivity index (χ0) is 14.2. The molecule has 0 aromatic heterocycles. The van der Waals surface area contributed by atoms with E-state index in [9.17, 15) is 4.79 Å². The molecule has 20 heavy (non-hydrogen) atoms. The summed E-state index contributed by atoms with van der Waals surface area (Å²) in [7, 11) is 0. The summed E-state index contributed by atoms with van der Waals surface area (Å²) < 4.78 is 11.7. The monoisotopic (exact) mass is 275 g/mol. The van der Waals surface area contributed by atoms with E-state index in [0.717, 1.165) is 18.4 Å². The van der Waals surface area contributed by atoms with Crippen LogP contribution in [-0.2, 0) is 9.47 Å². The Kier molecular flexibility index (Phi) is 3.52. The first-order valence-electron chi connectivity index (χ1n) is 7.26. The number of piperidine rings is 1. The van der Waals surface area contributed by atoms with Crippen LogP contribution in [0.1, 0.15) is 35.7 Å². The number of amides is 1.